The van der Waals surface area contributed by atoms with Crippen molar-refractivity contribution in [3.63, 3.8) is 0 Å². The highest BCUT2D eigenvalue weighted by molar-refractivity contribution is 4.89. The van der Waals surface area contributed by atoms with Crippen LogP contribution in [0.15, 0.2) is 0 Å². The van der Waals surface area contributed by atoms with Gasteiger partial charge in [0.2, 0.25) is 0 Å². The quantitative estimate of drug-likeness (QED) is 0.744. The third-order valence-corrected chi connectivity index (χ3v) is 4.96. The molecule has 0 radical (unpaired) electrons. The van der Waals surface area contributed by atoms with Crippen LogP contribution < -0.4 is 5.32 Å². The first-order chi connectivity index (χ1) is 9.13. The van der Waals surface area contributed by atoms with Crippen molar-refractivity contribution in [2.45, 2.75) is 69.9 Å². The summed E-state index contributed by atoms with van der Waals surface area (Å²) >= 11 is 0. The maximum atomic E-state index is 10.5. The van der Waals surface area contributed by atoms with Gasteiger partial charge in [0.15, 0.2) is 0 Å². The monoisotopic (exact) mass is 268 g/mol. The lowest BCUT2D eigenvalue weighted by Gasteiger charge is -2.32. The first-order valence-electron chi connectivity index (χ1n) is 8.27. The molecule has 19 heavy (non-hydrogen) atoms. The van der Waals surface area contributed by atoms with E-state index in [-0.39, 0.29) is 5.60 Å². The third-order valence-electron chi connectivity index (χ3n) is 4.96. The highest BCUT2D eigenvalue weighted by atomic mass is 16.3. The van der Waals surface area contributed by atoms with Crippen molar-refractivity contribution in [3.05, 3.63) is 0 Å². The van der Waals surface area contributed by atoms with Crippen LogP contribution in [0.4, 0.5) is 0 Å². The van der Waals surface area contributed by atoms with Crippen molar-refractivity contribution < 1.29 is 5.11 Å². The van der Waals surface area contributed by atoms with E-state index in [1.165, 1.54) is 38.5 Å². The molecule has 2 atom stereocenters. The van der Waals surface area contributed by atoms with E-state index in [0.29, 0.717) is 6.04 Å². The van der Waals surface area contributed by atoms with Gasteiger partial charge in [-0.15, -0.1) is 0 Å². The van der Waals surface area contributed by atoms with Gasteiger partial charge in [-0.3, -0.25) is 0 Å². The molecule has 0 amide bonds. The van der Waals surface area contributed by atoms with Gasteiger partial charge in [-0.2, -0.15) is 0 Å². The molecule has 0 aromatic rings. The fourth-order valence-corrected chi connectivity index (χ4v) is 4.01. The molecular weight excluding hydrogens is 236 g/mol. The van der Waals surface area contributed by atoms with Gasteiger partial charge in [0.1, 0.15) is 0 Å². The van der Waals surface area contributed by atoms with Gasteiger partial charge in [-0.25, -0.2) is 0 Å². The van der Waals surface area contributed by atoms with E-state index in [0.717, 1.165) is 38.4 Å². The number of hydrogen-bond donors (Lipinski definition) is 2. The van der Waals surface area contributed by atoms with Crippen LogP contribution in [0, 0.1) is 5.92 Å². The van der Waals surface area contributed by atoms with Gasteiger partial charge in [0.05, 0.1) is 5.60 Å². The Morgan fingerprint density at radius 3 is 2.63 bits per heavy atom. The summed E-state index contributed by atoms with van der Waals surface area (Å²) < 4.78 is 0. The number of aliphatic hydroxyl groups is 1. The Morgan fingerprint density at radius 2 is 1.95 bits per heavy atom. The second kappa shape index (κ2) is 7.05. The zero-order chi connectivity index (χ0) is 13.7. The van der Waals surface area contributed by atoms with Crippen molar-refractivity contribution in [3.8, 4) is 0 Å². The molecule has 0 aliphatic heterocycles. The molecule has 0 bridgehead atoms. The lowest BCUT2D eigenvalue weighted by atomic mass is 9.99. The first kappa shape index (κ1) is 15.3. The fraction of sp³-hybridized carbons (Fsp3) is 1.00. The molecule has 112 valence electrons. The molecule has 2 rings (SSSR count). The van der Waals surface area contributed by atoms with Crippen LogP contribution in [-0.4, -0.2) is 48.3 Å². The number of hydrogen-bond acceptors (Lipinski definition) is 3. The highest BCUT2D eigenvalue weighted by Gasteiger charge is 2.34. The lowest BCUT2D eigenvalue weighted by molar-refractivity contribution is 0.0122. The molecular formula is C16H32N2O. The van der Waals surface area contributed by atoms with E-state index in [9.17, 15) is 5.11 Å². The molecule has 3 heteroatoms. The van der Waals surface area contributed by atoms with Gasteiger partial charge in [-0.05, 0) is 51.6 Å². The summed E-state index contributed by atoms with van der Waals surface area (Å²) in [6.07, 6.45) is 9.68. The van der Waals surface area contributed by atoms with E-state index in [4.69, 9.17) is 0 Å². The third kappa shape index (κ3) is 4.44. The van der Waals surface area contributed by atoms with Crippen LogP contribution in [0.3, 0.4) is 0 Å². The van der Waals surface area contributed by atoms with E-state index >= 15 is 0 Å². The summed E-state index contributed by atoms with van der Waals surface area (Å²) in [7, 11) is 2.19. The molecule has 0 aromatic carbocycles. The maximum absolute atomic E-state index is 10.5. The molecule has 2 aliphatic carbocycles. The van der Waals surface area contributed by atoms with Crippen molar-refractivity contribution >= 4 is 0 Å². The summed E-state index contributed by atoms with van der Waals surface area (Å²) in [5.41, 5.74) is -0.389. The summed E-state index contributed by atoms with van der Waals surface area (Å²) in [5, 5.41) is 14.2. The van der Waals surface area contributed by atoms with Crippen LogP contribution in [-0.2, 0) is 0 Å². The first-order valence-corrected chi connectivity index (χ1v) is 8.27. The Kier molecular flexibility index (Phi) is 5.67. The van der Waals surface area contributed by atoms with Crippen LogP contribution in [0.1, 0.15) is 58.3 Å². The van der Waals surface area contributed by atoms with Crippen LogP contribution >= 0.6 is 0 Å². The Hall–Kier alpha value is -0.120. The van der Waals surface area contributed by atoms with Crippen molar-refractivity contribution in [1.82, 2.24) is 10.2 Å². The summed E-state index contributed by atoms with van der Waals surface area (Å²) in [4.78, 5) is 2.38. The van der Waals surface area contributed by atoms with Crippen LogP contribution in [0.25, 0.3) is 0 Å². The lowest BCUT2D eigenvalue weighted by Crippen LogP contribution is -2.44. The van der Waals surface area contributed by atoms with Crippen molar-refractivity contribution in [1.29, 1.82) is 0 Å². The van der Waals surface area contributed by atoms with Gasteiger partial charge >= 0.3 is 0 Å². The molecule has 0 heterocycles. The molecule has 0 aromatic heterocycles. The normalized spacial score (nSPS) is 30.3. The van der Waals surface area contributed by atoms with E-state index in [1.807, 2.05) is 0 Å². The largest absolute Gasteiger partial charge is 0.389 e. The minimum absolute atomic E-state index is 0.389. The predicted octanol–water partition coefficient (Wildman–Crippen LogP) is 2.39. The molecule has 0 spiro atoms. The average Bonchev–Trinajstić information content (AvgIpc) is 2.96. The molecule has 0 saturated heterocycles. The van der Waals surface area contributed by atoms with Crippen LogP contribution in [0.2, 0.25) is 0 Å². The number of nitrogens with one attached hydrogen (secondary N) is 1. The van der Waals surface area contributed by atoms with Gasteiger partial charge in [0.25, 0.3) is 0 Å². The maximum Gasteiger partial charge on any atom is 0.0774 e. The molecule has 2 fully saturated rings. The topological polar surface area (TPSA) is 35.5 Å². The fourth-order valence-electron chi connectivity index (χ4n) is 4.01. The Bertz CT molecular complexity index is 263. The minimum atomic E-state index is -0.389. The standard InChI is InChI=1S/C16H32N2O/c1-3-11-17-15-8-6-7-14(15)12-18(2)13-16(19)9-4-5-10-16/h14-15,17,19H,3-13H2,1-2H3. The molecule has 2 N–H and O–H groups in total. The zero-order valence-corrected chi connectivity index (χ0v) is 12.8. The number of rotatable bonds is 7. The van der Waals surface area contributed by atoms with Crippen molar-refractivity contribution in [2.75, 3.05) is 26.7 Å². The van der Waals surface area contributed by atoms with E-state index in [2.05, 4.69) is 24.2 Å². The SMILES string of the molecule is CCCNC1CCCC1CN(C)CC1(O)CCCC1. The average molecular weight is 268 g/mol. The van der Waals surface area contributed by atoms with E-state index in [1.54, 1.807) is 0 Å². The zero-order valence-electron chi connectivity index (χ0n) is 12.8. The number of nitrogens with zero attached hydrogens (tertiary/aromatic N) is 1. The second-order valence-corrected chi connectivity index (χ2v) is 6.88. The molecule has 2 unspecified atom stereocenters. The van der Waals surface area contributed by atoms with Crippen LogP contribution in [0.5, 0.6) is 0 Å². The Balaban J connectivity index is 1.75. The Labute approximate surface area is 118 Å². The minimum Gasteiger partial charge on any atom is -0.389 e. The highest BCUT2D eigenvalue weighted by Crippen LogP contribution is 2.31. The van der Waals surface area contributed by atoms with Gasteiger partial charge in [0, 0.05) is 19.1 Å². The Morgan fingerprint density at radius 1 is 1.21 bits per heavy atom. The van der Waals surface area contributed by atoms with Gasteiger partial charge in [-0.1, -0.05) is 26.2 Å². The molecule has 3 nitrogen and oxygen atoms in total. The summed E-state index contributed by atoms with van der Waals surface area (Å²) in [6.45, 7) is 5.39. The number of likely N-dealkylation sites (N-methyl/N-ethyl adjacent to an activating group) is 1. The predicted molar refractivity (Wildman–Crippen MR) is 80.3 cm³/mol. The smallest absolute Gasteiger partial charge is 0.0774 e. The van der Waals surface area contributed by atoms with Crippen molar-refractivity contribution in [2.24, 2.45) is 5.92 Å². The second-order valence-electron chi connectivity index (χ2n) is 6.88. The van der Waals surface area contributed by atoms with Gasteiger partial charge < -0.3 is 15.3 Å². The molecule has 2 aliphatic rings. The summed E-state index contributed by atoms with van der Waals surface area (Å²) in [5.74, 6) is 0.779. The van der Waals surface area contributed by atoms with E-state index < -0.39 is 0 Å². The summed E-state index contributed by atoms with van der Waals surface area (Å²) in [6, 6.07) is 0.709. The molecule has 2 saturated carbocycles.